The molecule has 24 heavy (non-hydrogen) atoms. The zero-order chi connectivity index (χ0) is 16.4. The van der Waals surface area contributed by atoms with Crippen LogP contribution in [0.5, 0.6) is 0 Å². The molecule has 0 unspecified atom stereocenters. The Labute approximate surface area is 142 Å². The van der Waals surface area contributed by atoms with Crippen molar-refractivity contribution in [2.45, 2.75) is 32.4 Å². The summed E-state index contributed by atoms with van der Waals surface area (Å²) in [7, 11) is 0. The van der Waals surface area contributed by atoms with Crippen molar-refractivity contribution in [1.29, 1.82) is 0 Å². The van der Waals surface area contributed by atoms with Crippen LogP contribution in [-0.4, -0.2) is 52.0 Å². The third-order valence-corrected chi connectivity index (χ3v) is 4.86. The third kappa shape index (κ3) is 3.36. The van der Waals surface area contributed by atoms with E-state index in [1.165, 1.54) is 12.8 Å². The van der Waals surface area contributed by atoms with Gasteiger partial charge in [-0.3, -0.25) is 0 Å². The van der Waals surface area contributed by atoms with Crippen molar-refractivity contribution >= 4 is 11.8 Å². The zero-order valence-electron chi connectivity index (χ0n) is 14.1. The number of aromatic nitrogens is 4. The summed E-state index contributed by atoms with van der Waals surface area (Å²) in [5, 5.41) is 11.8. The highest BCUT2D eigenvalue weighted by Crippen LogP contribution is 2.19. The third-order valence-electron chi connectivity index (χ3n) is 4.86. The molecule has 7 nitrogen and oxygen atoms in total. The lowest BCUT2D eigenvalue weighted by Crippen LogP contribution is -2.48. The van der Waals surface area contributed by atoms with Gasteiger partial charge in [0.15, 0.2) is 0 Å². The van der Waals surface area contributed by atoms with Gasteiger partial charge in [0, 0.05) is 63.1 Å². The summed E-state index contributed by atoms with van der Waals surface area (Å²) in [5.74, 6) is 2.56. The van der Waals surface area contributed by atoms with E-state index >= 15 is 0 Å². The molecule has 0 aromatic carbocycles. The quantitative estimate of drug-likeness (QED) is 0.882. The molecule has 2 aromatic heterocycles. The minimum Gasteiger partial charge on any atom is -0.370 e. The summed E-state index contributed by atoms with van der Waals surface area (Å²) < 4.78 is 2.09. The number of rotatable bonds is 4. The monoisotopic (exact) mass is 327 g/mol. The van der Waals surface area contributed by atoms with Crippen molar-refractivity contribution in [3.8, 4) is 0 Å². The van der Waals surface area contributed by atoms with Crippen LogP contribution < -0.4 is 15.5 Å². The van der Waals surface area contributed by atoms with Crippen molar-refractivity contribution in [2.75, 3.05) is 36.4 Å². The van der Waals surface area contributed by atoms with Gasteiger partial charge in [-0.25, -0.2) is 14.6 Å². The Morgan fingerprint density at radius 3 is 3.04 bits per heavy atom. The molecular weight excluding hydrogens is 302 g/mol. The predicted molar refractivity (Wildman–Crippen MR) is 94.2 cm³/mol. The molecule has 7 heteroatoms. The first-order chi connectivity index (χ1) is 11.8. The molecule has 0 saturated carbocycles. The molecule has 1 saturated heterocycles. The van der Waals surface area contributed by atoms with Crippen molar-refractivity contribution in [3.63, 3.8) is 0 Å². The zero-order valence-corrected chi connectivity index (χ0v) is 14.1. The Kier molecular flexibility index (Phi) is 4.34. The molecule has 128 valence electrons. The van der Waals surface area contributed by atoms with E-state index in [0.717, 1.165) is 50.2 Å². The van der Waals surface area contributed by atoms with Gasteiger partial charge in [0.05, 0.1) is 5.69 Å². The maximum atomic E-state index is 4.55. The normalized spacial score (nSPS) is 23.6. The highest BCUT2D eigenvalue weighted by molar-refractivity contribution is 5.38. The van der Waals surface area contributed by atoms with Gasteiger partial charge >= 0.3 is 0 Å². The smallest absolute Gasteiger partial charge is 0.225 e. The second-order valence-electron chi connectivity index (χ2n) is 6.84. The first-order valence-corrected chi connectivity index (χ1v) is 8.81. The molecule has 0 radical (unpaired) electrons. The van der Waals surface area contributed by atoms with E-state index in [2.05, 4.69) is 41.3 Å². The number of fused-ring (bicyclic) bond motifs is 1. The molecule has 0 amide bonds. The summed E-state index contributed by atoms with van der Waals surface area (Å²) >= 11 is 0. The van der Waals surface area contributed by atoms with Crippen LogP contribution in [0.25, 0.3) is 0 Å². The standard InChI is InChI=1S/C17H25N7/c1-13-8-16-21-10-14(11-24(16)22-13)9-20-15-4-2-7-23(12-15)17-18-5-3-6-19-17/h3,5-6,8,14-15,20-21H,2,4,7,9-12H2,1H3/t14-,15+/m0/s1. The van der Waals surface area contributed by atoms with Crippen LogP contribution in [-0.2, 0) is 6.54 Å². The molecule has 0 spiro atoms. The number of aryl methyl sites for hydroxylation is 1. The Morgan fingerprint density at radius 1 is 1.29 bits per heavy atom. The Balaban J connectivity index is 1.30. The molecule has 2 aliphatic heterocycles. The number of nitrogens with zero attached hydrogens (tertiary/aromatic N) is 5. The number of hydrogen-bond donors (Lipinski definition) is 2. The van der Waals surface area contributed by atoms with Gasteiger partial charge in [-0.2, -0.15) is 5.10 Å². The molecule has 0 aliphatic carbocycles. The molecular formula is C17H25N7. The van der Waals surface area contributed by atoms with Crippen LogP contribution in [0.15, 0.2) is 24.5 Å². The van der Waals surface area contributed by atoms with E-state index in [0.29, 0.717) is 12.0 Å². The number of anilines is 2. The first kappa shape index (κ1) is 15.4. The van der Waals surface area contributed by atoms with E-state index in [1.807, 2.05) is 25.4 Å². The van der Waals surface area contributed by atoms with Crippen LogP contribution in [0.1, 0.15) is 18.5 Å². The number of piperidine rings is 1. The van der Waals surface area contributed by atoms with Crippen molar-refractivity contribution in [1.82, 2.24) is 25.1 Å². The van der Waals surface area contributed by atoms with Crippen LogP contribution in [0.4, 0.5) is 11.8 Å². The molecule has 2 atom stereocenters. The summed E-state index contributed by atoms with van der Waals surface area (Å²) in [6.07, 6.45) is 6.03. The lowest BCUT2D eigenvalue weighted by Gasteiger charge is -2.34. The Morgan fingerprint density at radius 2 is 2.17 bits per heavy atom. The molecule has 1 fully saturated rings. The lowest BCUT2D eigenvalue weighted by molar-refractivity contribution is 0.345. The minimum absolute atomic E-state index is 0.503. The maximum absolute atomic E-state index is 4.55. The van der Waals surface area contributed by atoms with Crippen LogP contribution >= 0.6 is 0 Å². The van der Waals surface area contributed by atoms with Gasteiger partial charge in [-0.05, 0) is 25.8 Å². The van der Waals surface area contributed by atoms with Gasteiger partial charge in [0.2, 0.25) is 5.95 Å². The van der Waals surface area contributed by atoms with E-state index in [4.69, 9.17) is 0 Å². The first-order valence-electron chi connectivity index (χ1n) is 8.81. The van der Waals surface area contributed by atoms with Gasteiger partial charge in [0.1, 0.15) is 5.82 Å². The second-order valence-corrected chi connectivity index (χ2v) is 6.84. The second kappa shape index (κ2) is 6.76. The topological polar surface area (TPSA) is 70.9 Å². The fourth-order valence-electron chi connectivity index (χ4n) is 3.63. The minimum atomic E-state index is 0.503. The average molecular weight is 327 g/mol. The summed E-state index contributed by atoms with van der Waals surface area (Å²) in [6.45, 7) is 7.08. The molecule has 2 aliphatic rings. The lowest BCUT2D eigenvalue weighted by atomic mass is 10.0. The SMILES string of the molecule is Cc1cc2n(n1)C[C@@H](CN[C@@H]1CCCN(c3ncccn3)C1)CN2. The van der Waals surface area contributed by atoms with Crippen molar-refractivity contribution in [2.24, 2.45) is 5.92 Å². The summed E-state index contributed by atoms with van der Waals surface area (Å²) in [5.41, 5.74) is 1.08. The van der Waals surface area contributed by atoms with E-state index in [1.54, 1.807) is 0 Å². The van der Waals surface area contributed by atoms with E-state index in [9.17, 15) is 0 Å². The summed E-state index contributed by atoms with van der Waals surface area (Å²) in [4.78, 5) is 11.0. The van der Waals surface area contributed by atoms with Gasteiger partial charge in [-0.1, -0.05) is 0 Å². The average Bonchev–Trinajstić information content (AvgIpc) is 3.00. The van der Waals surface area contributed by atoms with Crippen molar-refractivity contribution in [3.05, 3.63) is 30.2 Å². The van der Waals surface area contributed by atoms with E-state index in [-0.39, 0.29) is 0 Å². The molecule has 0 bridgehead atoms. The summed E-state index contributed by atoms with van der Waals surface area (Å²) in [6, 6.07) is 4.48. The highest BCUT2D eigenvalue weighted by Gasteiger charge is 2.24. The fraction of sp³-hybridized carbons (Fsp3) is 0.588. The number of hydrogen-bond acceptors (Lipinski definition) is 6. The van der Waals surface area contributed by atoms with Crippen molar-refractivity contribution < 1.29 is 0 Å². The van der Waals surface area contributed by atoms with Gasteiger partial charge < -0.3 is 15.5 Å². The van der Waals surface area contributed by atoms with Gasteiger partial charge in [0.25, 0.3) is 0 Å². The Bertz CT molecular complexity index is 669. The highest BCUT2D eigenvalue weighted by atomic mass is 15.3. The van der Waals surface area contributed by atoms with Crippen LogP contribution in [0.2, 0.25) is 0 Å². The molecule has 4 rings (SSSR count). The van der Waals surface area contributed by atoms with Gasteiger partial charge in [-0.15, -0.1) is 0 Å². The van der Waals surface area contributed by atoms with Crippen LogP contribution in [0, 0.1) is 12.8 Å². The molecule has 4 heterocycles. The fourth-order valence-corrected chi connectivity index (χ4v) is 3.63. The Hall–Kier alpha value is -2.15. The molecule has 2 N–H and O–H groups in total. The van der Waals surface area contributed by atoms with Crippen LogP contribution in [0.3, 0.4) is 0 Å². The number of nitrogens with one attached hydrogen (secondary N) is 2. The molecule has 2 aromatic rings. The maximum Gasteiger partial charge on any atom is 0.225 e. The largest absolute Gasteiger partial charge is 0.370 e. The predicted octanol–water partition coefficient (Wildman–Crippen LogP) is 1.28. The van der Waals surface area contributed by atoms with E-state index < -0.39 is 0 Å².